The van der Waals surface area contributed by atoms with Crippen LogP contribution in [0.4, 0.5) is 5.69 Å². The van der Waals surface area contributed by atoms with E-state index in [1.807, 2.05) is 0 Å². The van der Waals surface area contributed by atoms with Crippen LogP contribution >= 0.6 is 0 Å². The van der Waals surface area contributed by atoms with Gasteiger partial charge in [0, 0.05) is 13.0 Å². The van der Waals surface area contributed by atoms with Gasteiger partial charge in [-0.05, 0) is 30.2 Å². The summed E-state index contributed by atoms with van der Waals surface area (Å²) in [5, 5.41) is 19.2. The lowest BCUT2D eigenvalue weighted by Crippen LogP contribution is -2.32. The number of sulfonamides is 1. The molecule has 142 valence electrons. The van der Waals surface area contributed by atoms with Crippen LogP contribution in [0, 0.1) is 0 Å². The summed E-state index contributed by atoms with van der Waals surface area (Å²) in [6.07, 6.45) is 1.22. The van der Waals surface area contributed by atoms with Gasteiger partial charge < -0.3 is 10.2 Å². The van der Waals surface area contributed by atoms with Crippen LogP contribution in [-0.4, -0.2) is 37.1 Å². The molecule has 0 fully saturated rings. The number of hydrogen-bond acceptors (Lipinski definition) is 4. The van der Waals surface area contributed by atoms with E-state index >= 15 is 0 Å². The summed E-state index contributed by atoms with van der Waals surface area (Å²) in [7, 11) is -4.03. The van der Waals surface area contributed by atoms with E-state index in [0.29, 0.717) is 5.56 Å². The summed E-state index contributed by atoms with van der Waals surface area (Å²) in [6, 6.07) is 14.5. The van der Waals surface area contributed by atoms with E-state index in [2.05, 4.69) is 0 Å². The molecule has 2 aromatic rings. The van der Waals surface area contributed by atoms with Crippen molar-refractivity contribution in [2.24, 2.45) is 0 Å². The van der Waals surface area contributed by atoms with Gasteiger partial charge in [-0.1, -0.05) is 42.5 Å². The number of aromatic carboxylic acids is 1. The Morgan fingerprint density at radius 3 is 2.22 bits per heavy atom. The lowest BCUT2D eigenvalue weighted by molar-refractivity contribution is -0.137. The van der Waals surface area contributed by atoms with Gasteiger partial charge in [0.15, 0.2) is 0 Å². The molecular formula is C19H19NO6S. The largest absolute Gasteiger partial charge is 0.481 e. The molecule has 0 aliphatic heterocycles. The van der Waals surface area contributed by atoms with Crippen molar-refractivity contribution in [3.63, 3.8) is 0 Å². The monoisotopic (exact) mass is 389 g/mol. The van der Waals surface area contributed by atoms with Crippen molar-refractivity contribution in [1.82, 2.24) is 0 Å². The fraction of sp³-hybridized carbons (Fsp3) is 0.158. The molecule has 0 amide bonds. The van der Waals surface area contributed by atoms with Gasteiger partial charge in [-0.25, -0.2) is 13.2 Å². The minimum absolute atomic E-state index is 0.00639. The van der Waals surface area contributed by atoms with Crippen molar-refractivity contribution in [3.8, 4) is 0 Å². The minimum atomic E-state index is -4.03. The van der Waals surface area contributed by atoms with Gasteiger partial charge in [-0.3, -0.25) is 9.10 Å². The molecule has 0 unspecified atom stereocenters. The average molecular weight is 389 g/mol. The Morgan fingerprint density at radius 2 is 1.59 bits per heavy atom. The number of hydrogen-bond donors (Lipinski definition) is 2. The Kier molecular flexibility index (Phi) is 6.73. The van der Waals surface area contributed by atoms with E-state index in [0.717, 1.165) is 9.71 Å². The first kappa shape index (κ1) is 20.2. The maximum atomic E-state index is 12.9. The lowest BCUT2D eigenvalue weighted by atomic mass is 10.1. The van der Waals surface area contributed by atoms with Crippen LogP contribution in [0.3, 0.4) is 0 Å². The zero-order chi connectivity index (χ0) is 19.9. The zero-order valence-electron chi connectivity index (χ0n) is 14.4. The highest BCUT2D eigenvalue weighted by Gasteiger charge is 2.24. The van der Waals surface area contributed by atoms with Crippen LogP contribution in [0.2, 0.25) is 0 Å². The average Bonchev–Trinajstić information content (AvgIpc) is 2.64. The highest BCUT2D eigenvalue weighted by molar-refractivity contribution is 7.95. The Balaban J connectivity index is 2.41. The van der Waals surface area contributed by atoms with Crippen molar-refractivity contribution >= 4 is 33.7 Å². The van der Waals surface area contributed by atoms with Crippen molar-refractivity contribution in [3.05, 3.63) is 71.1 Å². The molecule has 2 rings (SSSR count). The Labute approximate surface area is 157 Å². The van der Waals surface area contributed by atoms with Crippen LogP contribution < -0.4 is 4.31 Å². The van der Waals surface area contributed by atoms with Crippen molar-refractivity contribution in [2.45, 2.75) is 12.8 Å². The number of rotatable bonds is 9. The van der Waals surface area contributed by atoms with Crippen LogP contribution in [0.5, 0.6) is 0 Å². The van der Waals surface area contributed by atoms with E-state index in [-0.39, 0.29) is 30.6 Å². The van der Waals surface area contributed by atoms with Crippen LogP contribution in [0.15, 0.2) is 60.0 Å². The van der Waals surface area contributed by atoms with Gasteiger partial charge >= 0.3 is 11.9 Å². The molecule has 2 N–H and O–H groups in total. The second-order valence-corrected chi connectivity index (χ2v) is 7.39. The quantitative estimate of drug-likeness (QED) is 0.682. The first-order chi connectivity index (χ1) is 12.8. The van der Waals surface area contributed by atoms with Crippen LogP contribution in [0.25, 0.3) is 6.08 Å². The maximum Gasteiger partial charge on any atom is 0.337 e. The maximum absolute atomic E-state index is 12.9. The molecule has 0 bridgehead atoms. The van der Waals surface area contributed by atoms with Crippen molar-refractivity contribution in [2.75, 3.05) is 10.8 Å². The molecule has 0 spiro atoms. The topological polar surface area (TPSA) is 112 Å². The molecule has 7 nitrogen and oxygen atoms in total. The summed E-state index contributed by atoms with van der Waals surface area (Å²) < 4.78 is 26.6. The van der Waals surface area contributed by atoms with Gasteiger partial charge in [-0.15, -0.1) is 0 Å². The molecule has 0 aliphatic carbocycles. The number of carboxylic acid groups (broad SMARTS) is 2. The third kappa shape index (κ3) is 5.68. The molecule has 8 heteroatoms. The molecule has 0 saturated heterocycles. The predicted octanol–water partition coefficient (Wildman–Crippen LogP) is 3.06. The number of aliphatic carboxylic acids is 1. The molecule has 0 aliphatic rings. The molecule has 0 radical (unpaired) electrons. The first-order valence-corrected chi connectivity index (χ1v) is 9.61. The summed E-state index contributed by atoms with van der Waals surface area (Å²) in [5.41, 5.74) is 0.482. The summed E-state index contributed by atoms with van der Waals surface area (Å²) in [5.74, 6) is -2.32. The number of carbonyl (C=O) groups is 2. The second kappa shape index (κ2) is 9.00. The third-order valence-corrected chi connectivity index (χ3v) is 5.17. The van der Waals surface area contributed by atoms with Gasteiger partial charge in [0.25, 0.3) is 10.0 Å². The summed E-state index contributed by atoms with van der Waals surface area (Å²) in [6.45, 7) is -0.155. The van der Waals surface area contributed by atoms with E-state index in [9.17, 15) is 23.1 Å². The van der Waals surface area contributed by atoms with E-state index in [1.165, 1.54) is 30.3 Å². The van der Waals surface area contributed by atoms with Gasteiger partial charge in [0.05, 0.1) is 16.7 Å². The van der Waals surface area contributed by atoms with Crippen molar-refractivity contribution < 1.29 is 28.2 Å². The van der Waals surface area contributed by atoms with Gasteiger partial charge in [0.1, 0.15) is 0 Å². The van der Waals surface area contributed by atoms with E-state index in [4.69, 9.17) is 5.11 Å². The highest BCUT2D eigenvalue weighted by Crippen LogP contribution is 2.25. The molecule has 0 aromatic heterocycles. The minimum Gasteiger partial charge on any atom is -0.481 e. The normalized spacial score (nSPS) is 11.4. The van der Waals surface area contributed by atoms with E-state index in [1.54, 1.807) is 30.3 Å². The first-order valence-electron chi connectivity index (χ1n) is 8.11. The number of nitrogens with zero attached hydrogens (tertiary/aromatic N) is 1. The molecule has 27 heavy (non-hydrogen) atoms. The Hall–Kier alpha value is -3.13. The molecule has 0 saturated carbocycles. The zero-order valence-corrected chi connectivity index (χ0v) is 15.2. The number of benzene rings is 2. The fourth-order valence-electron chi connectivity index (χ4n) is 2.43. The highest BCUT2D eigenvalue weighted by atomic mass is 32.2. The van der Waals surface area contributed by atoms with Crippen LogP contribution in [0.1, 0.15) is 28.8 Å². The molecule has 2 aromatic carbocycles. The SMILES string of the molecule is O=C(O)CCCN(c1ccccc1C(=O)O)S(=O)(=O)/C=C/c1ccccc1. The lowest BCUT2D eigenvalue weighted by Gasteiger charge is -2.24. The van der Waals surface area contributed by atoms with E-state index < -0.39 is 22.0 Å². The molecule has 0 heterocycles. The number of para-hydroxylation sites is 1. The molecular weight excluding hydrogens is 370 g/mol. The summed E-state index contributed by atoms with van der Waals surface area (Å²) >= 11 is 0. The third-order valence-electron chi connectivity index (χ3n) is 3.69. The molecule has 0 atom stereocenters. The van der Waals surface area contributed by atoms with Gasteiger partial charge in [-0.2, -0.15) is 0 Å². The fourth-order valence-corrected chi connectivity index (χ4v) is 3.73. The standard InChI is InChI=1S/C19H19NO6S/c21-18(22)11-6-13-20(17-10-5-4-9-16(17)19(23)24)27(25,26)14-12-15-7-2-1-3-8-15/h1-5,7-10,12,14H,6,11,13H2,(H,21,22)(H,23,24)/b14-12+. The van der Waals surface area contributed by atoms with Gasteiger partial charge in [0.2, 0.25) is 0 Å². The number of carboxylic acids is 2. The summed E-state index contributed by atoms with van der Waals surface area (Å²) in [4.78, 5) is 22.3. The smallest absolute Gasteiger partial charge is 0.337 e. The second-order valence-electron chi connectivity index (χ2n) is 5.65. The Morgan fingerprint density at radius 1 is 0.963 bits per heavy atom. The van der Waals surface area contributed by atoms with Crippen LogP contribution in [-0.2, 0) is 14.8 Å². The predicted molar refractivity (Wildman–Crippen MR) is 102 cm³/mol. The van der Waals surface area contributed by atoms with Crippen molar-refractivity contribution in [1.29, 1.82) is 0 Å². The Bertz CT molecular complexity index is 938. The number of anilines is 1.